The van der Waals surface area contributed by atoms with Crippen molar-refractivity contribution in [1.82, 2.24) is 24.9 Å². The number of piperidine rings is 1. The molecule has 10 heteroatoms. The molecule has 0 spiro atoms. The topological polar surface area (TPSA) is 102 Å². The van der Waals surface area contributed by atoms with Crippen molar-refractivity contribution in [3.8, 4) is 0 Å². The van der Waals surface area contributed by atoms with E-state index >= 15 is 0 Å². The molecule has 3 saturated heterocycles. The van der Waals surface area contributed by atoms with Gasteiger partial charge in [-0.3, -0.25) is 24.2 Å². The fourth-order valence-corrected chi connectivity index (χ4v) is 6.61. The second-order valence-electron chi connectivity index (χ2n) is 13.4. The quantitative estimate of drug-likeness (QED) is 0.429. The van der Waals surface area contributed by atoms with Gasteiger partial charge in [0.25, 0.3) is 0 Å². The first-order valence-electron chi connectivity index (χ1n) is 15.2. The van der Waals surface area contributed by atoms with Crippen LogP contribution in [0.2, 0.25) is 0 Å². The standard InChI is InChI=1S/C30H53N5O5/c1-20(2)24(19-34-17-11-14-22(34)27(37)35-18-12-15-23(35)29(39)40-8)33(7)28(38)25(30(3,4)5)31-26(36)21-13-9-10-16-32(21)6/h20-25H,9-19H2,1-8H3,(H,31,36). The summed E-state index contributed by atoms with van der Waals surface area (Å²) in [6, 6.07) is -1.84. The second kappa shape index (κ2) is 13.6. The van der Waals surface area contributed by atoms with E-state index in [1.54, 1.807) is 9.80 Å². The molecule has 0 radical (unpaired) electrons. The van der Waals surface area contributed by atoms with E-state index in [-0.39, 0.29) is 47.7 Å². The van der Waals surface area contributed by atoms with Crippen LogP contribution in [0.5, 0.6) is 0 Å². The normalized spacial score (nSPS) is 26.0. The smallest absolute Gasteiger partial charge is 0.328 e. The minimum Gasteiger partial charge on any atom is -0.467 e. The summed E-state index contributed by atoms with van der Waals surface area (Å²) in [7, 11) is 5.17. The molecule has 10 nitrogen and oxygen atoms in total. The number of hydrogen-bond donors (Lipinski definition) is 1. The zero-order valence-corrected chi connectivity index (χ0v) is 26.1. The molecular formula is C30H53N5O5. The molecule has 0 aromatic carbocycles. The predicted molar refractivity (Wildman–Crippen MR) is 154 cm³/mol. The van der Waals surface area contributed by atoms with Crippen molar-refractivity contribution in [1.29, 1.82) is 0 Å². The van der Waals surface area contributed by atoms with Crippen LogP contribution in [0.1, 0.15) is 79.6 Å². The Morgan fingerprint density at radius 2 is 1.55 bits per heavy atom. The summed E-state index contributed by atoms with van der Waals surface area (Å²) >= 11 is 0. The highest BCUT2D eigenvalue weighted by molar-refractivity contribution is 5.91. The highest BCUT2D eigenvalue weighted by Gasteiger charge is 2.43. The Morgan fingerprint density at radius 3 is 2.15 bits per heavy atom. The van der Waals surface area contributed by atoms with Crippen LogP contribution in [-0.2, 0) is 23.9 Å². The lowest BCUT2D eigenvalue weighted by Gasteiger charge is -2.41. The van der Waals surface area contributed by atoms with Gasteiger partial charge in [-0.15, -0.1) is 0 Å². The first kappa shape index (κ1) is 32.3. The SMILES string of the molecule is COC(=O)C1CCCN1C(=O)C1CCCN1CC(C(C)C)N(C)C(=O)C(NC(=O)C1CCCCN1C)C(C)(C)C. The first-order chi connectivity index (χ1) is 18.8. The predicted octanol–water partition coefficient (Wildman–Crippen LogP) is 2.11. The van der Waals surface area contributed by atoms with E-state index in [2.05, 4.69) is 29.0 Å². The van der Waals surface area contributed by atoms with Gasteiger partial charge in [0.1, 0.15) is 12.1 Å². The zero-order chi connectivity index (χ0) is 29.8. The van der Waals surface area contributed by atoms with Crippen LogP contribution in [0.25, 0.3) is 0 Å². The van der Waals surface area contributed by atoms with Crippen LogP contribution in [0.4, 0.5) is 0 Å². The number of likely N-dealkylation sites (tertiary alicyclic amines) is 3. The van der Waals surface area contributed by atoms with Crippen LogP contribution < -0.4 is 5.32 Å². The van der Waals surface area contributed by atoms with Gasteiger partial charge in [-0.2, -0.15) is 0 Å². The Balaban J connectivity index is 1.74. The lowest BCUT2D eigenvalue weighted by Crippen LogP contribution is -2.61. The largest absolute Gasteiger partial charge is 0.467 e. The van der Waals surface area contributed by atoms with Gasteiger partial charge in [-0.25, -0.2) is 4.79 Å². The molecule has 0 bridgehead atoms. The van der Waals surface area contributed by atoms with Crippen LogP contribution in [0, 0.1) is 11.3 Å². The van der Waals surface area contributed by atoms with Crippen molar-refractivity contribution in [3.63, 3.8) is 0 Å². The van der Waals surface area contributed by atoms with Crippen molar-refractivity contribution in [2.24, 2.45) is 11.3 Å². The van der Waals surface area contributed by atoms with Gasteiger partial charge in [-0.05, 0) is 70.0 Å². The molecule has 0 aromatic rings. The molecular weight excluding hydrogens is 510 g/mol. The van der Waals surface area contributed by atoms with Crippen molar-refractivity contribution in [3.05, 3.63) is 0 Å². The number of rotatable bonds is 9. The third-order valence-corrected chi connectivity index (χ3v) is 9.17. The van der Waals surface area contributed by atoms with E-state index in [4.69, 9.17) is 4.74 Å². The molecule has 3 aliphatic rings. The van der Waals surface area contributed by atoms with Crippen molar-refractivity contribution >= 4 is 23.7 Å². The van der Waals surface area contributed by atoms with Crippen molar-refractivity contribution < 1.29 is 23.9 Å². The molecule has 228 valence electrons. The summed E-state index contributed by atoms with van der Waals surface area (Å²) in [6.07, 6.45) is 5.96. The Hall–Kier alpha value is -2.20. The fraction of sp³-hybridized carbons (Fsp3) is 0.867. The summed E-state index contributed by atoms with van der Waals surface area (Å²) < 4.78 is 4.96. The summed E-state index contributed by atoms with van der Waals surface area (Å²) in [5.74, 6) is -0.416. The van der Waals surface area contributed by atoms with Gasteiger partial charge in [-0.1, -0.05) is 41.0 Å². The van der Waals surface area contributed by atoms with E-state index in [1.165, 1.54) is 7.11 Å². The van der Waals surface area contributed by atoms with Crippen molar-refractivity contribution in [2.75, 3.05) is 47.4 Å². The monoisotopic (exact) mass is 563 g/mol. The molecule has 3 amide bonds. The molecule has 3 aliphatic heterocycles. The molecule has 3 fully saturated rings. The van der Waals surface area contributed by atoms with Gasteiger partial charge >= 0.3 is 5.97 Å². The molecule has 0 aromatic heterocycles. The summed E-state index contributed by atoms with van der Waals surface area (Å²) in [6.45, 7) is 12.9. The van der Waals surface area contributed by atoms with Gasteiger partial charge in [0.2, 0.25) is 17.7 Å². The molecule has 3 heterocycles. The van der Waals surface area contributed by atoms with Gasteiger partial charge < -0.3 is 19.9 Å². The second-order valence-corrected chi connectivity index (χ2v) is 13.4. The Morgan fingerprint density at radius 1 is 0.925 bits per heavy atom. The van der Waals surface area contributed by atoms with E-state index in [1.807, 2.05) is 34.9 Å². The molecule has 40 heavy (non-hydrogen) atoms. The summed E-state index contributed by atoms with van der Waals surface area (Å²) in [4.78, 5) is 61.0. The Labute approximate surface area is 241 Å². The highest BCUT2D eigenvalue weighted by Crippen LogP contribution is 2.28. The van der Waals surface area contributed by atoms with Crippen LogP contribution in [-0.4, -0.2) is 121 Å². The van der Waals surface area contributed by atoms with Gasteiger partial charge in [0.15, 0.2) is 0 Å². The molecule has 3 rings (SSSR count). The minimum atomic E-state index is -0.664. The molecule has 0 aliphatic carbocycles. The Kier molecular flexibility index (Phi) is 11.0. The number of esters is 1. The van der Waals surface area contributed by atoms with Crippen molar-refractivity contribution in [2.45, 2.75) is 110 Å². The molecule has 1 N–H and O–H groups in total. The average Bonchev–Trinajstić information content (AvgIpc) is 3.58. The summed E-state index contributed by atoms with van der Waals surface area (Å²) in [5, 5.41) is 3.12. The van der Waals surface area contributed by atoms with Gasteiger partial charge in [0.05, 0.1) is 19.2 Å². The zero-order valence-electron chi connectivity index (χ0n) is 26.1. The van der Waals surface area contributed by atoms with Crippen LogP contribution >= 0.6 is 0 Å². The number of amides is 3. The number of hydrogen-bond acceptors (Lipinski definition) is 7. The van der Waals surface area contributed by atoms with E-state index in [0.717, 1.165) is 51.6 Å². The average molecular weight is 564 g/mol. The maximum absolute atomic E-state index is 14.0. The Bertz CT molecular complexity index is 919. The molecule has 5 unspecified atom stereocenters. The number of methoxy groups -OCH3 is 1. The number of nitrogens with one attached hydrogen (secondary N) is 1. The number of likely N-dealkylation sites (N-methyl/N-ethyl adjacent to an activating group) is 2. The molecule has 0 saturated carbocycles. The van der Waals surface area contributed by atoms with E-state index in [0.29, 0.717) is 19.5 Å². The highest BCUT2D eigenvalue weighted by atomic mass is 16.5. The number of carbonyl (C=O) groups is 4. The van der Waals surface area contributed by atoms with E-state index in [9.17, 15) is 19.2 Å². The minimum absolute atomic E-state index is 0.0154. The van der Waals surface area contributed by atoms with Gasteiger partial charge in [0, 0.05) is 26.2 Å². The van der Waals surface area contributed by atoms with Crippen LogP contribution in [0.3, 0.4) is 0 Å². The lowest BCUT2D eigenvalue weighted by atomic mass is 9.84. The fourth-order valence-electron chi connectivity index (χ4n) is 6.61. The van der Waals surface area contributed by atoms with Crippen LogP contribution in [0.15, 0.2) is 0 Å². The third-order valence-electron chi connectivity index (χ3n) is 9.17. The lowest BCUT2D eigenvalue weighted by molar-refractivity contribution is -0.152. The number of ether oxygens (including phenoxy) is 1. The maximum Gasteiger partial charge on any atom is 0.328 e. The molecule has 5 atom stereocenters. The number of nitrogens with zero attached hydrogens (tertiary/aromatic N) is 4. The van der Waals surface area contributed by atoms with E-state index < -0.39 is 17.5 Å². The third kappa shape index (κ3) is 7.35. The summed E-state index contributed by atoms with van der Waals surface area (Å²) in [5.41, 5.74) is -0.472. The first-order valence-corrected chi connectivity index (χ1v) is 15.2. The maximum atomic E-state index is 14.0. The number of carbonyl (C=O) groups excluding carboxylic acids is 4.